The van der Waals surface area contributed by atoms with Gasteiger partial charge in [-0.15, -0.1) is 0 Å². The van der Waals surface area contributed by atoms with Gasteiger partial charge >= 0.3 is 0 Å². The van der Waals surface area contributed by atoms with Crippen LogP contribution in [0.25, 0.3) is 0 Å². The number of benzene rings is 1. The van der Waals surface area contributed by atoms with E-state index in [4.69, 9.17) is 14.2 Å². The van der Waals surface area contributed by atoms with Crippen molar-refractivity contribution in [2.75, 3.05) is 33.4 Å². The van der Waals surface area contributed by atoms with Crippen molar-refractivity contribution in [1.29, 1.82) is 0 Å². The van der Waals surface area contributed by atoms with Gasteiger partial charge in [0.25, 0.3) is 0 Å². The summed E-state index contributed by atoms with van der Waals surface area (Å²) in [4.78, 5) is 52.5. The third-order valence-corrected chi connectivity index (χ3v) is 7.95. The Morgan fingerprint density at radius 3 is 2.35 bits per heavy atom. The number of Topliss-reactive ketones (excluding diaryl/α,β-unsaturated/α-hetero) is 1. The van der Waals surface area contributed by atoms with Crippen LogP contribution < -0.4 is 26.0 Å². The first-order valence-corrected chi connectivity index (χ1v) is 14.2. The molecule has 4 rings (SSSR count). The van der Waals surface area contributed by atoms with E-state index in [2.05, 4.69) is 21.3 Å². The number of ether oxygens (including phenoxy) is 3. The van der Waals surface area contributed by atoms with Crippen LogP contribution >= 0.6 is 0 Å². The zero-order valence-electron chi connectivity index (χ0n) is 23.6. The molecule has 1 aromatic rings. The molecule has 3 aliphatic rings. The van der Waals surface area contributed by atoms with Gasteiger partial charge in [-0.2, -0.15) is 0 Å². The lowest BCUT2D eigenvalue weighted by Gasteiger charge is -2.31. The molecule has 3 amide bonds. The van der Waals surface area contributed by atoms with Crippen molar-refractivity contribution in [3.8, 4) is 5.75 Å². The summed E-state index contributed by atoms with van der Waals surface area (Å²) in [7, 11) is 1.57. The fraction of sp³-hybridized carbons (Fsp3) is 0.655. The number of carbonyl (C=O) groups excluding carboxylic acids is 4. The minimum Gasteiger partial charge on any atom is -0.497 e. The van der Waals surface area contributed by atoms with Crippen LogP contribution in [0, 0.1) is 5.92 Å². The van der Waals surface area contributed by atoms with E-state index in [9.17, 15) is 19.2 Å². The molecule has 220 valence electrons. The molecule has 0 radical (unpaired) electrons. The van der Waals surface area contributed by atoms with Gasteiger partial charge in [-0.3, -0.25) is 19.2 Å². The standard InChI is InChI=1S/C29H42N4O7/c1-18(31-25(34)15-22-16-30-11-12-39-22)27(36)33-24(14-20-7-9-21(38-3)10-8-20)28(37)32-23(13-19-5-4-6-19)26(35)29(2)17-40-29/h7-10,18-19,22-24,30H,4-6,11-17H2,1-3H3,(H,31,34)(H,32,37)(H,33,36)/t18-,22?,23-,24-,29+/m0/s1. The summed E-state index contributed by atoms with van der Waals surface area (Å²) < 4.78 is 16.2. The molecule has 0 bridgehead atoms. The third-order valence-electron chi connectivity index (χ3n) is 7.95. The van der Waals surface area contributed by atoms with E-state index in [0.29, 0.717) is 37.8 Å². The maximum absolute atomic E-state index is 13.6. The third kappa shape index (κ3) is 8.25. The van der Waals surface area contributed by atoms with E-state index in [-0.39, 0.29) is 30.6 Å². The maximum Gasteiger partial charge on any atom is 0.243 e. The Labute approximate surface area is 235 Å². The topological polar surface area (TPSA) is 147 Å². The second-order valence-corrected chi connectivity index (χ2v) is 11.3. The molecule has 3 fully saturated rings. The maximum atomic E-state index is 13.6. The molecular formula is C29H42N4O7. The highest BCUT2D eigenvalue weighted by atomic mass is 16.6. The van der Waals surface area contributed by atoms with Crippen LogP contribution in [0.3, 0.4) is 0 Å². The molecule has 4 N–H and O–H groups in total. The van der Waals surface area contributed by atoms with Crippen molar-refractivity contribution in [3.63, 3.8) is 0 Å². The smallest absolute Gasteiger partial charge is 0.243 e. The van der Waals surface area contributed by atoms with E-state index in [0.717, 1.165) is 31.4 Å². The van der Waals surface area contributed by atoms with Crippen molar-refractivity contribution in [3.05, 3.63) is 29.8 Å². The molecule has 1 unspecified atom stereocenters. The van der Waals surface area contributed by atoms with Crippen LogP contribution in [0.5, 0.6) is 5.75 Å². The highest BCUT2D eigenvalue weighted by Gasteiger charge is 2.50. The van der Waals surface area contributed by atoms with Gasteiger partial charge in [0.05, 0.1) is 38.9 Å². The number of amides is 3. The molecule has 1 aromatic carbocycles. The summed E-state index contributed by atoms with van der Waals surface area (Å²) in [5.41, 5.74) is -0.0634. The molecule has 5 atom stereocenters. The molecule has 0 spiro atoms. The fourth-order valence-corrected chi connectivity index (χ4v) is 5.01. The first-order chi connectivity index (χ1) is 19.2. The quantitative estimate of drug-likeness (QED) is 0.243. The van der Waals surface area contributed by atoms with Crippen molar-refractivity contribution in [2.24, 2.45) is 5.92 Å². The predicted octanol–water partition coefficient (Wildman–Crippen LogP) is 0.639. The van der Waals surface area contributed by atoms with Crippen molar-refractivity contribution in [2.45, 2.75) is 82.2 Å². The van der Waals surface area contributed by atoms with Gasteiger partial charge in [0.15, 0.2) is 5.78 Å². The number of methoxy groups -OCH3 is 1. The molecule has 1 aliphatic carbocycles. The highest BCUT2D eigenvalue weighted by Crippen LogP contribution is 2.34. The Hall–Kier alpha value is -3.02. The summed E-state index contributed by atoms with van der Waals surface area (Å²) >= 11 is 0. The largest absolute Gasteiger partial charge is 0.497 e. The number of hydrogen-bond donors (Lipinski definition) is 4. The monoisotopic (exact) mass is 558 g/mol. The Morgan fingerprint density at radius 2 is 1.77 bits per heavy atom. The SMILES string of the molecule is COc1ccc(C[C@H](NC(=O)[C@H](C)NC(=O)CC2CNCCO2)C(=O)N[C@@H](CC2CCC2)C(=O)[C@@]2(C)CO2)cc1. The molecule has 40 heavy (non-hydrogen) atoms. The second kappa shape index (κ2) is 13.6. The van der Waals surface area contributed by atoms with E-state index in [1.165, 1.54) is 0 Å². The van der Waals surface area contributed by atoms with E-state index < -0.39 is 35.5 Å². The van der Waals surface area contributed by atoms with Crippen molar-refractivity contribution >= 4 is 23.5 Å². The second-order valence-electron chi connectivity index (χ2n) is 11.3. The van der Waals surface area contributed by atoms with Crippen LogP contribution in [-0.4, -0.2) is 86.7 Å². The molecule has 11 heteroatoms. The minimum atomic E-state index is -0.962. The Bertz CT molecular complexity index is 1050. The average Bonchev–Trinajstić information content (AvgIpc) is 3.68. The van der Waals surface area contributed by atoms with Crippen LogP contribution in [0.15, 0.2) is 24.3 Å². The lowest BCUT2D eigenvalue weighted by molar-refractivity contribution is -0.134. The average molecular weight is 559 g/mol. The number of epoxide rings is 1. The lowest BCUT2D eigenvalue weighted by Crippen LogP contribution is -2.57. The van der Waals surface area contributed by atoms with Gasteiger partial charge in [-0.1, -0.05) is 31.4 Å². The summed E-state index contributed by atoms with van der Waals surface area (Å²) in [5, 5.41) is 11.6. The van der Waals surface area contributed by atoms with E-state index in [1.54, 1.807) is 33.1 Å². The fourth-order valence-electron chi connectivity index (χ4n) is 5.01. The lowest BCUT2D eigenvalue weighted by atomic mass is 9.79. The molecule has 11 nitrogen and oxygen atoms in total. The molecule has 2 saturated heterocycles. The first kappa shape index (κ1) is 30.0. The molecule has 1 saturated carbocycles. The van der Waals surface area contributed by atoms with Crippen LogP contribution in [0.1, 0.15) is 51.5 Å². The predicted molar refractivity (Wildman–Crippen MR) is 147 cm³/mol. The van der Waals surface area contributed by atoms with Gasteiger partial charge in [0, 0.05) is 19.5 Å². The zero-order chi connectivity index (χ0) is 28.7. The summed E-state index contributed by atoms with van der Waals surface area (Å²) in [5.74, 6) is -0.343. The van der Waals surface area contributed by atoms with Gasteiger partial charge in [0.2, 0.25) is 17.7 Å². The van der Waals surface area contributed by atoms with Crippen molar-refractivity contribution < 1.29 is 33.4 Å². The van der Waals surface area contributed by atoms with Gasteiger partial charge < -0.3 is 35.5 Å². The van der Waals surface area contributed by atoms with E-state index in [1.807, 2.05) is 12.1 Å². The van der Waals surface area contributed by atoms with Crippen LogP contribution in [0.4, 0.5) is 0 Å². The molecular weight excluding hydrogens is 516 g/mol. The Kier molecular flexibility index (Phi) is 10.2. The minimum absolute atomic E-state index is 0.131. The Morgan fingerprint density at radius 1 is 1.07 bits per heavy atom. The molecule has 2 aliphatic heterocycles. The first-order valence-electron chi connectivity index (χ1n) is 14.2. The number of nitrogens with one attached hydrogen (secondary N) is 4. The van der Waals surface area contributed by atoms with Crippen LogP contribution in [0.2, 0.25) is 0 Å². The molecule has 0 aromatic heterocycles. The highest BCUT2D eigenvalue weighted by molar-refractivity contribution is 5.98. The summed E-state index contributed by atoms with van der Waals surface area (Å²) in [6.07, 6.45) is 3.81. The number of ketones is 1. The molecule has 2 heterocycles. The number of morpholine rings is 1. The van der Waals surface area contributed by atoms with Crippen LogP contribution in [-0.2, 0) is 35.1 Å². The summed E-state index contributed by atoms with van der Waals surface area (Å²) in [6.45, 7) is 5.50. The number of rotatable bonds is 14. The normalized spacial score (nSPS) is 24.5. The van der Waals surface area contributed by atoms with Gasteiger partial charge in [-0.05, 0) is 43.9 Å². The van der Waals surface area contributed by atoms with E-state index >= 15 is 0 Å². The Balaban J connectivity index is 1.42. The summed E-state index contributed by atoms with van der Waals surface area (Å²) in [6, 6.07) is 4.69. The number of carbonyl (C=O) groups is 4. The zero-order valence-corrected chi connectivity index (χ0v) is 23.6. The van der Waals surface area contributed by atoms with Gasteiger partial charge in [-0.25, -0.2) is 0 Å². The van der Waals surface area contributed by atoms with Gasteiger partial charge in [0.1, 0.15) is 23.4 Å². The van der Waals surface area contributed by atoms with Crippen molar-refractivity contribution in [1.82, 2.24) is 21.3 Å². The number of hydrogen-bond acceptors (Lipinski definition) is 8.